The lowest BCUT2D eigenvalue weighted by atomic mass is 10.3. The molecule has 2 aromatic heterocycles. The first-order valence-corrected chi connectivity index (χ1v) is 4.83. The Morgan fingerprint density at radius 3 is 2.94 bits per heavy atom. The van der Waals surface area contributed by atoms with E-state index in [2.05, 4.69) is 10.1 Å². The molecule has 0 bridgehead atoms. The van der Waals surface area contributed by atoms with Crippen molar-refractivity contribution in [3.63, 3.8) is 0 Å². The number of halogens is 1. The molecular weight excluding hydrogens is 236 g/mol. The van der Waals surface area contributed by atoms with Crippen LogP contribution in [0.4, 0.5) is 0 Å². The van der Waals surface area contributed by atoms with Gasteiger partial charge in [0, 0.05) is 6.42 Å². The summed E-state index contributed by atoms with van der Waals surface area (Å²) in [6.07, 6.45) is 0.136. The highest BCUT2D eigenvalue weighted by Crippen LogP contribution is 2.22. The largest absolute Gasteiger partial charge is 0.481 e. The van der Waals surface area contributed by atoms with Crippen LogP contribution in [0.1, 0.15) is 12.3 Å². The van der Waals surface area contributed by atoms with E-state index in [4.69, 9.17) is 25.6 Å². The fourth-order valence-electron chi connectivity index (χ4n) is 1.10. The van der Waals surface area contributed by atoms with Crippen molar-refractivity contribution in [2.75, 3.05) is 0 Å². The predicted octanol–water partition coefficient (Wildman–Crippen LogP) is 2.00. The SMILES string of the molecule is O=C(O)CCc1nc(-c2ccc(Cl)o2)no1. The Bertz CT molecular complexity index is 505. The molecule has 2 aromatic rings. The molecule has 6 nitrogen and oxygen atoms in total. The van der Waals surface area contributed by atoms with Crippen molar-refractivity contribution in [1.82, 2.24) is 10.1 Å². The first kappa shape index (κ1) is 10.7. The molecule has 16 heavy (non-hydrogen) atoms. The van der Waals surface area contributed by atoms with Crippen LogP contribution in [0, 0.1) is 0 Å². The van der Waals surface area contributed by atoms with Crippen LogP contribution >= 0.6 is 11.6 Å². The van der Waals surface area contributed by atoms with Gasteiger partial charge in [-0.2, -0.15) is 4.98 Å². The van der Waals surface area contributed by atoms with Gasteiger partial charge in [-0.3, -0.25) is 4.79 Å². The molecule has 0 radical (unpaired) electrons. The van der Waals surface area contributed by atoms with Crippen LogP contribution in [0.25, 0.3) is 11.6 Å². The molecule has 7 heteroatoms. The molecule has 2 heterocycles. The number of carboxylic acids is 1. The molecule has 0 aliphatic carbocycles. The van der Waals surface area contributed by atoms with Crippen molar-refractivity contribution >= 4 is 17.6 Å². The van der Waals surface area contributed by atoms with E-state index in [9.17, 15) is 4.79 Å². The molecule has 0 amide bonds. The van der Waals surface area contributed by atoms with Gasteiger partial charge in [0.1, 0.15) is 0 Å². The van der Waals surface area contributed by atoms with Gasteiger partial charge in [0.05, 0.1) is 6.42 Å². The minimum absolute atomic E-state index is 0.0550. The third-order valence-corrected chi connectivity index (χ3v) is 2.02. The Hall–Kier alpha value is -1.82. The maximum absolute atomic E-state index is 10.3. The standard InChI is InChI=1S/C9H7ClN2O4/c10-6-2-1-5(15-6)9-11-7(16-12-9)3-4-8(13)14/h1-2H,3-4H2,(H,13,14). The third-order valence-electron chi connectivity index (χ3n) is 1.81. The number of hydrogen-bond acceptors (Lipinski definition) is 5. The number of furan rings is 1. The van der Waals surface area contributed by atoms with Crippen molar-refractivity contribution in [2.45, 2.75) is 12.8 Å². The first-order valence-electron chi connectivity index (χ1n) is 4.45. The minimum atomic E-state index is -0.916. The number of aliphatic carboxylic acids is 1. The van der Waals surface area contributed by atoms with Gasteiger partial charge in [0.2, 0.25) is 11.7 Å². The Morgan fingerprint density at radius 1 is 1.50 bits per heavy atom. The number of rotatable bonds is 4. The highest BCUT2D eigenvalue weighted by Gasteiger charge is 2.12. The molecule has 84 valence electrons. The quantitative estimate of drug-likeness (QED) is 0.882. The third kappa shape index (κ3) is 2.40. The highest BCUT2D eigenvalue weighted by atomic mass is 35.5. The molecule has 0 aliphatic rings. The zero-order valence-electron chi connectivity index (χ0n) is 8.01. The van der Waals surface area contributed by atoms with Gasteiger partial charge in [-0.1, -0.05) is 5.16 Å². The molecular formula is C9H7ClN2O4. The number of hydrogen-bond donors (Lipinski definition) is 1. The van der Waals surface area contributed by atoms with Gasteiger partial charge >= 0.3 is 5.97 Å². The monoisotopic (exact) mass is 242 g/mol. The summed E-state index contributed by atoms with van der Waals surface area (Å²) in [7, 11) is 0. The molecule has 2 rings (SSSR count). The van der Waals surface area contributed by atoms with Gasteiger partial charge in [-0.05, 0) is 23.7 Å². The van der Waals surface area contributed by atoms with Crippen molar-refractivity contribution < 1.29 is 18.8 Å². The lowest BCUT2D eigenvalue weighted by molar-refractivity contribution is -0.137. The van der Waals surface area contributed by atoms with Crippen LogP contribution in [0.5, 0.6) is 0 Å². The number of nitrogens with zero attached hydrogens (tertiary/aromatic N) is 2. The highest BCUT2D eigenvalue weighted by molar-refractivity contribution is 6.28. The minimum Gasteiger partial charge on any atom is -0.481 e. The second kappa shape index (κ2) is 4.36. The van der Waals surface area contributed by atoms with Crippen LogP contribution in [-0.4, -0.2) is 21.2 Å². The molecule has 0 aliphatic heterocycles. The lowest BCUT2D eigenvalue weighted by Crippen LogP contribution is -1.97. The number of aryl methyl sites for hydroxylation is 1. The van der Waals surface area contributed by atoms with E-state index in [1.54, 1.807) is 12.1 Å². The topological polar surface area (TPSA) is 89.4 Å². The van der Waals surface area contributed by atoms with E-state index in [1.807, 2.05) is 0 Å². The predicted molar refractivity (Wildman–Crippen MR) is 53.0 cm³/mol. The zero-order valence-corrected chi connectivity index (χ0v) is 8.77. The molecule has 0 unspecified atom stereocenters. The van der Waals surface area contributed by atoms with Crippen LogP contribution in [0.15, 0.2) is 21.1 Å². The smallest absolute Gasteiger partial charge is 0.303 e. The summed E-state index contributed by atoms with van der Waals surface area (Å²) in [5.41, 5.74) is 0. The Morgan fingerprint density at radius 2 is 2.31 bits per heavy atom. The van der Waals surface area contributed by atoms with E-state index in [0.29, 0.717) is 5.76 Å². The van der Waals surface area contributed by atoms with Crippen LogP contribution < -0.4 is 0 Å². The van der Waals surface area contributed by atoms with Crippen molar-refractivity contribution in [3.8, 4) is 11.6 Å². The maximum atomic E-state index is 10.3. The molecule has 0 aromatic carbocycles. The van der Waals surface area contributed by atoms with Gasteiger partial charge in [-0.15, -0.1) is 0 Å². The summed E-state index contributed by atoms with van der Waals surface area (Å²) in [5, 5.41) is 12.4. The second-order valence-electron chi connectivity index (χ2n) is 3.01. The van der Waals surface area contributed by atoms with Gasteiger partial charge in [0.15, 0.2) is 11.0 Å². The van der Waals surface area contributed by atoms with Crippen molar-refractivity contribution in [2.24, 2.45) is 0 Å². The van der Waals surface area contributed by atoms with E-state index in [-0.39, 0.29) is 29.8 Å². The van der Waals surface area contributed by atoms with Crippen LogP contribution in [0.3, 0.4) is 0 Å². The van der Waals surface area contributed by atoms with Gasteiger partial charge in [-0.25, -0.2) is 0 Å². The molecule has 0 spiro atoms. The zero-order chi connectivity index (χ0) is 11.5. The van der Waals surface area contributed by atoms with E-state index in [1.165, 1.54) is 0 Å². The molecule has 0 fully saturated rings. The van der Waals surface area contributed by atoms with Crippen LogP contribution in [0.2, 0.25) is 5.22 Å². The Kier molecular flexibility index (Phi) is 2.91. The summed E-state index contributed by atoms with van der Waals surface area (Å²) in [5.74, 6) is -0.0201. The fourth-order valence-corrected chi connectivity index (χ4v) is 1.25. The average molecular weight is 243 g/mol. The molecule has 1 N–H and O–H groups in total. The normalized spacial score (nSPS) is 10.6. The second-order valence-corrected chi connectivity index (χ2v) is 3.38. The van der Waals surface area contributed by atoms with Crippen molar-refractivity contribution in [3.05, 3.63) is 23.2 Å². The summed E-state index contributed by atoms with van der Waals surface area (Å²) in [6.45, 7) is 0. The lowest BCUT2D eigenvalue weighted by Gasteiger charge is -1.87. The van der Waals surface area contributed by atoms with Gasteiger partial charge in [0.25, 0.3) is 0 Å². The number of carboxylic acid groups (broad SMARTS) is 1. The molecule has 0 saturated heterocycles. The summed E-state index contributed by atoms with van der Waals surface area (Å²) >= 11 is 5.59. The van der Waals surface area contributed by atoms with Crippen molar-refractivity contribution in [1.29, 1.82) is 0 Å². The summed E-state index contributed by atoms with van der Waals surface area (Å²) < 4.78 is 9.92. The molecule has 0 atom stereocenters. The Balaban J connectivity index is 2.10. The summed E-state index contributed by atoms with van der Waals surface area (Å²) in [6, 6.07) is 3.17. The first-order chi connectivity index (χ1) is 7.65. The van der Waals surface area contributed by atoms with E-state index in [0.717, 1.165) is 0 Å². The molecule has 0 saturated carbocycles. The number of aromatic nitrogens is 2. The maximum Gasteiger partial charge on any atom is 0.303 e. The van der Waals surface area contributed by atoms with E-state index < -0.39 is 5.97 Å². The summed E-state index contributed by atoms with van der Waals surface area (Å²) in [4.78, 5) is 14.3. The van der Waals surface area contributed by atoms with E-state index >= 15 is 0 Å². The number of carbonyl (C=O) groups is 1. The average Bonchev–Trinajstić information content (AvgIpc) is 2.83. The van der Waals surface area contributed by atoms with Crippen LogP contribution in [-0.2, 0) is 11.2 Å². The van der Waals surface area contributed by atoms with Gasteiger partial charge < -0.3 is 14.0 Å². The fraction of sp³-hybridized carbons (Fsp3) is 0.222. The Labute approximate surface area is 94.8 Å².